The maximum Gasteiger partial charge on any atom is 0.185 e. The van der Waals surface area contributed by atoms with Gasteiger partial charge in [-0.2, -0.15) is 0 Å². The van der Waals surface area contributed by atoms with Crippen LogP contribution < -0.4 is 0 Å². The Morgan fingerprint density at radius 2 is 1.43 bits per heavy atom. The Morgan fingerprint density at radius 1 is 0.952 bits per heavy atom. The Morgan fingerprint density at radius 3 is 1.76 bits per heavy atom. The van der Waals surface area contributed by atoms with Gasteiger partial charge in [0.15, 0.2) is 8.32 Å². The van der Waals surface area contributed by atoms with Gasteiger partial charge in [-0.15, -0.1) is 5.54 Å². The molecule has 0 aromatic heterocycles. The van der Waals surface area contributed by atoms with E-state index < -0.39 is 22.0 Å². The van der Waals surface area contributed by atoms with Crippen molar-refractivity contribution in [2.45, 2.75) is 90.0 Å². The highest BCUT2D eigenvalue weighted by atomic mass is 28.4. The lowest BCUT2D eigenvalue weighted by Crippen LogP contribution is -2.50. The SMILES string of the molecule is CC(C)C1(O)CCC(C#C[Si](C)(C)C)(O[Si](C)(C)C)CC1. The molecule has 2 nitrogen and oxygen atoms in total. The highest BCUT2D eigenvalue weighted by molar-refractivity contribution is 6.83. The van der Waals surface area contributed by atoms with Gasteiger partial charge in [0.25, 0.3) is 0 Å². The van der Waals surface area contributed by atoms with Gasteiger partial charge in [-0.3, -0.25) is 0 Å². The summed E-state index contributed by atoms with van der Waals surface area (Å²) in [6, 6.07) is 0. The second kappa shape index (κ2) is 6.19. The molecular weight excluding hydrogens is 292 g/mol. The average Bonchev–Trinajstić information content (AvgIpc) is 2.28. The van der Waals surface area contributed by atoms with Crippen LogP contribution in [0.25, 0.3) is 0 Å². The normalized spacial score (nSPS) is 31.0. The van der Waals surface area contributed by atoms with Crippen LogP contribution in [0.5, 0.6) is 0 Å². The van der Waals surface area contributed by atoms with Crippen molar-refractivity contribution >= 4 is 16.4 Å². The molecule has 0 spiro atoms. The van der Waals surface area contributed by atoms with Crippen molar-refractivity contribution in [2.24, 2.45) is 5.92 Å². The Hall–Kier alpha value is -0.0862. The first-order chi connectivity index (χ1) is 9.27. The molecule has 1 rings (SSSR count). The van der Waals surface area contributed by atoms with Crippen molar-refractivity contribution in [3.8, 4) is 11.5 Å². The molecule has 0 aromatic carbocycles. The predicted octanol–water partition coefficient (Wildman–Crippen LogP) is 4.42. The molecule has 0 saturated heterocycles. The van der Waals surface area contributed by atoms with Crippen LogP contribution >= 0.6 is 0 Å². The van der Waals surface area contributed by atoms with E-state index in [4.69, 9.17) is 4.43 Å². The van der Waals surface area contributed by atoms with Gasteiger partial charge >= 0.3 is 0 Å². The highest BCUT2D eigenvalue weighted by Gasteiger charge is 2.45. The molecule has 4 heteroatoms. The van der Waals surface area contributed by atoms with Gasteiger partial charge in [0.1, 0.15) is 13.7 Å². The molecule has 122 valence electrons. The zero-order valence-electron chi connectivity index (χ0n) is 15.3. The second-order valence-corrected chi connectivity index (χ2v) is 18.1. The fraction of sp³-hybridized carbons (Fsp3) is 0.882. The van der Waals surface area contributed by atoms with Gasteiger partial charge in [0.2, 0.25) is 0 Å². The van der Waals surface area contributed by atoms with Crippen LogP contribution in [-0.4, -0.2) is 32.7 Å². The topological polar surface area (TPSA) is 29.5 Å². The molecule has 1 N–H and O–H groups in total. The largest absolute Gasteiger partial charge is 0.402 e. The van der Waals surface area contributed by atoms with E-state index in [-0.39, 0.29) is 5.60 Å². The summed E-state index contributed by atoms with van der Waals surface area (Å²) < 4.78 is 6.51. The molecule has 0 amide bonds. The molecule has 1 fully saturated rings. The average molecular weight is 327 g/mol. The van der Waals surface area contributed by atoms with Crippen molar-refractivity contribution in [3.05, 3.63) is 0 Å². The standard InChI is InChI=1S/C17H34O2Si2/c1-15(2)17(18)11-9-16(10-12-17,19-21(6,7)8)13-14-20(3,4)5/h15,18H,9-12H2,1-8H3. The summed E-state index contributed by atoms with van der Waals surface area (Å²) in [5, 5.41) is 10.7. The summed E-state index contributed by atoms with van der Waals surface area (Å²) in [6.07, 6.45) is 3.33. The van der Waals surface area contributed by atoms with E-state index in [0.29, 0.717) is 5.92 Å². The lowest BCUT2D eigenvalue weighted by atomic mass is 9.71. The molecular formula is C17H34O2Si2. The monoisotopic (exact) mass is 326 g/mol. The molecule has 21 heavy (non-hydrogen) atoms. The van der Waals surface area contributed by atoms with Crippen LogP contribution in [0.3, 0.4) is 0 Å². The summed E-state index contributed by atoms with van der Waals surface area (Å²) >= 11 is 0. The van der Waals surface area contributed by atoms with Gasteiger partial charge in [-0.25, -0.2) is 0 Å². The van der Waals surface area contributed by atoms with Gasteiger partial charge in [0, 0.05) is 0 Å². The fourth-order valence-electron chi connectivity index (χ4n) is 2.80. The molecule has 0 heterocycles. The van der Waals surface area contributed by atoms with Gasteiger partial charge in [0.05, 0.1) is 5.60 Å². The number of hydrogen-bond donors (Lipinski definition) is 1. The zero-order chi connectivity index (χ0) is 16.5. The van der Waals surface area contributed by atoms with E-state index in [1.165, 1.54) is 0 Å². The van der Waals surface area contributed by atoms with Crippen molar-refractivity contribution in [1.29, 1.82) is 0 Å². The van der Waals surface area contributed by atoms with Crippen LogP contribution in [0, 0.1) is 17.4 Å². The smallest absolute Gasteiger partial charge is 0.185 e. The Labute approximate surface area is 133 Å². The Kier molecular flexibility index (Phi) is 5.59. The maximum atomic E-state index is 10.7. The minimum absolute atomic E-state index is 0.298. The molecule has 0 radical (unpaired) electrons. The summed E-state index contributed by atoms with van der Waals surface area (Å²) in [5.41, 5.74) is 2.67. The Bertz CT molecular complexity index is 411. The van der Waals surface area contributed by atoms with Crippen molar-refractivity contribution in [2.75, 3.05) is 0 Å². The van der Waals surface area contributed by atoms with E-state index in [0.717, 1.165) is 25.7 Å². The Balaban J connectivity index is 2.99. The first-order valence-corrected chi connectivity index (χ1v) is 15.1. The molecule has 0 aromatic rings. The number of rotatable bonds is 3. The highest BCUT2D eigenvalue weighted by Crippen LogP contribution is 2.42. The summed E-state index contributed by atoms with van der Waals surface area (Å²) in [4.78, 5) is 0. The molecule has 1 saturated carbocycles. The van der Waals surface area contributed by atoms with Crippen LogP contribution in [0.1, 0.15) is 39.5 Å². The van der Waals surface area contributed by atoms with Crippen LogP contribution in [0.15, 0.2) is 0 Å². The molecule has 0 aliphatic heterocycles. The third-order valence-electron chi connectivity index (χ3n) is 4.17. The minimum Gasteiger partial charge on any atom is -0.402 e. The van der Waals surface area contributed by atoms with E-state index in [9.17, 15) is 5.11 Å². The molecule has 0 unspecified atom stereocenters. The summed E-state index contributed by atoms with van der Waals surface area (Å²) in [6.45, 7) is 17.7. The fourth-order valence-corrected chi connectivity index (χ4v) is 4.83. The summed E-state index contributed by atoms with van der Waals surface area (Å²) in [7, 11) is -3.06. The predicted molar refractivity (Wildman–Crippen MR) is 96.5 cm³/mol. The first-order valence-electron chi connectivity index (χ1n) is 8.24. The molecule has 0 bridgehead atoms. The number of aliphatic hydroxyl groups is 1. The molecule has 1 aliphatic rings. The number of hydrogen-bond acceptors (Lipinski definition) is 2. The third kappa shape index (κ3) is 5.90. The third-order valence-corrected chi connectivity index (χ3v) is 6.04. The van der Waals surface area contributed by atoms with Crippen LogP contribution in [-0.2, 0) is 4.43 Å². The van der Waals surface area contributed by atoms with Crippen LogP contribution in [0.2, 0.25) is 39.3 Å². The molecule has 0 atom stereocenters. The lowest BCUT2D eigenvalue weighted by molar-refractivity contribution is -0.0768. The van der Waals surface area contributed by atoms with E-state index in [1.54, 1.807) is 0 Å². The van der Waals surface area contributed by atoms with Crippen molar-refractivity contribution < 1.29 is 9.53 Å². The van der Waals surface area contributed by atoms with Gasteiger partial charge < -0.3 is 9.53 Å². The van der Waals surface area contributed by atoms with Crippen LogP contribution in [0.4, 0.5) is 0 Å². The van der Waals surface area contributed by atoms with Gasteiger partial charge in [-0.05, 0) is 51.2 Å². The quantitative estimate of drug-likeness (QED) is 0.614. The minimum atomic E-state index is -1.66. The zero-order valence-corrected chi connectivity index (χ0v) is 17.3. The van der Waals surface area contributed by atoms with Gasteiger partial charge in [-0.1, -0.05) is 39.4 Å². The van der Waals surface area contributed by atoms with Crippen molar-refractivity contribution in [1.82, 2.24) is 0 Å². The van der Waals surface area contributed by atoms with E-state index in [2.05, 4.69) is 64.6 Å². The summed E-state index contributed by atoms with van der Waals surface area (Å²) in [5.74, 6) is 3.82. The van der Waals surface area contributed by atoms with Crippen molar-refractivity contribution in [3.63, 3.8) is 0 Å². The van der Waals surface area contributed by atoms with E-state index in [1.807, 2.05) is 0 Å². The first kappa shape index (κ1) is 19.0. The second-order valence-electron chi connectivity index (χ2n) is 8.97. The van der Waals surface area contributed by atoms with E-state index >= 15 is 0 Å². The maximum absolute atomic E-state index is 10.7. The lowest BCUT2D eigenvalue weighted by Gasteiger charge is -2.45. The molecule has 1 aliphatic carbocycles.